The largest absolute Gasteiger partial charge is 0.314 e. The fraction of sp³-hybridized carbons (Fsp3) is 0.211. The SMILES string of the molecule is O=S(=O)(CCNCCNS(=O)(=O)c1cccc2cnccc12)c1ccc(Br)cc1. The first kappa shape index (κ1) is 21.8. The van der Waals surface area contributed by atoms with Crippen LogP contribution in [0.25, 0.3) is 10.8 Å². The molecule has 0 aliphatic rings. The highest BCUT2D eigenvalue weighted by atomic mass is 79.9. The Kier molecular flexibility index (Phi) is 7.01. The normalized spacial score (nSPS) is 12.3. The Morgan fingerprint density at radius 2 is 1.66 bits per heavy atom. The maximum absolute atomic E-state index is 12.6. The van der Waals surface area contributed by atoms with Gasteiger partial charge in [0, 0.05) is 47.3 Å². The number of sulfone groups is 1. The smallest absolute Gasteiger partial charge is 0.241 e. The maximum atomic E-state index is 12.6. The van der Waals surface area contributed by atoms with Crippen LogP contribution in [0.5, 0.6) is 0 Å². The van der Waals surface area contributed by atoms with Gasteiger partial charge < -0.3 is 5.32 Å². The Morgan fingerprint density at radius 3 is 2.41 bits per heavy atom. The number of hydrogen-bond acceptors (Lipinski definition) is 6. The molecule has 0 saturated heterocycles. The Balaban J connectivity index is 1.50. The van der Waals surface area contributed by atoms with E-state index in [4.69, 9.17) is 0 Å². The van der Waals surface area contributed by atoms with Gasteiger partial charge in [0.1, 0.15) is 0 Å². The zero-order valence-electron chi connectivity index (χ0n) is 15.4. The van der Waals surface area contributed by atoms with E-state index in [0.29, 0.717) is 11.9 Å². The van der Waals surface area contributed by atoms with Crippen molar-refractivity contribution in [3.63, 3.8) is 0 Å². The maximum Gasteiger partial charge on any atom is 0.241 e. The molecule has 154 valence electrons. The quantitative estimate of drug-likeness (QED) is 0.439. The fourth-order valence-corrected chi connectivity index (χ4v) is 5.49. The van der Waals surface area contributed by atoms with Crippen LogP contribution in [0, 0.1) is 0 Å². The first-order chi connectivity index (χ1) is 13.8. The molecule has 0 bridgehead atoms. The second-order valence-electron chi connectivity index (χ2n) is 6.27. The van der Waals surface area contributed by atoms with Gasteiger partial charge in [-0.15, -0.1) is 0 Å². The van der Waals surface area contributed by atoms with E-state index in [1.165, 1.54) is 0 Å². The second kappa shape index (κ2) is 9.31. The molecule has 0 radical (unpaired) electrons. The van der Waals surface area contributed by atoms with Gasteiger partial charge in [0.15, 0.2) is 9.84 Å². The van der Waals surface area contributed by atoms with E-state index in [9.17, 15) is 16.8 Å². The molecule has 0 saturated carbocycles. The van der Waals surface area contributed by atoms with Crippen LogP contribution in [0.4, 0.5) is 0 Å². The van der Waals surface area contributed by atoms with Crippen LogP contribution < -0.4 is 10.0 Å². The van der Waals surface area contributed by atoms with Crippen LogP contribution in [-0.4, -0.2) is 47.2 Å². The van der Waals surface area contributed by atoms with Crippen molar-refractivity contribution in [3.8, 4) is 0 Å². The molecule has 0 atom stereocenters. The third kappa shape index (κ3) is 5.61. The van der Waals surface area contributed by atoms with Crippen molar-refractivity contribution < 1.29 is 16.8 Å². The van der Waals surface area contributed by atoms with Crippen LogP contribution in [-0.2, 0) is 19.9 Å². The van der Waals surface area contributed by atoms with Crippen molar-refractivity contribution >= 4 is 46.6 Å². The van der Waals surface area contributed by atoms with Crippen LogP contribution in [0.15, 0.2) is 75.2 Å². The van der Waals surface area contributed by atoms with Gasteiger partial charge in [0.05, 0.1) is 15.5 Å². The summed E-state index contributed by atoms with van der Waals surface area (Å²) < 4.78 is 53.1. The molecular formula is C19H20BrN3O4S2. The van der Waals surface area contributed by atoms with Gasteiger partial charge in [-0.3, -0.25) is 4.98 Å². The lowest BCUT2D eigenvalue weighted by molar-refractivity contribution is 0.575. The lowest BCUT2D eigenvalue weighted by Gasteiger charge is -2.10. The molecule has 2 aromatic carbocycles. The second-order valence-corrected chi connectivity index (χ2v) is 11.0. The molecule has 1 heterocycles. The Morgan fingerprint density at radius 1 is 0.897 bits per heavy atom. The van der Waals surface area contributed by atoms with Gasteiger partial charge in [-0.2, -0.15) is 0 Å². The average Bonchev–Trinajstić information content (AvgIpc) is 2.70. The molecule has 0 unspecified atom stereocenters. The molecule has 3 aromatic rings. The minimum atomic E-state index is -3.69. The number of pyridine rings is 1. The molecule has 3 rings (SSSR count). The summed E-state index contributed by atoms with van der Waals surface area (Å²) in [6.45, 7) is 0.670. The van der Waals surface area contributed by atoms with Crippen molar-refractivity contribution in [1.29, 1.82) is 0 Å². The highest BCUT2D eigenvalue weighted by Gasteiger charge is 2.17. The monoisotopic (exact) mass is 497 g/mol. The van der Waals surface area contributed by atoms with Gasteiger partial charge in [-0.05, 0) is 36.4 Å². The summed E-state index contributed by atoms with van der Waals surface area (Å²) >= 11 is 3.27. The zero-order valence-corrected chi connectivity index (χ0v) is 18.6. The molecule has 10 heteroatoms. The average molecular weight is 498 g/mol. The molecule has 29 heavy (non-hydrogen) atoms. The minimum Gasteiger partial charge on any atom is -0.314 e. The van der Waals surface area contributed by atoms with Crippen molar-refractivity contribution in [2.75, 3.05) is 25.4 Å². The summed E-state index contributed by atoms with van der Waals surface area (Å²) in [5.41, 5.74) is 0. The molecule has 0 aliphatic heterocycles. The summed E-state index contributed by atoms with van der Waals surface area (Å²) in [6, 6.07) is 13.1. The summed E-state index contributed by atoms with van der Waals surface area (Å²) in [7, 11) is -7.08. The third-order valence-corrected chi connectivity index (χ3v) is 8.02. The highest BCUT2D eigenvalue weighted by Crippen LogP contribution is 2.21. The van der Waals surface area contributed by atoms with E-state index in [1.54, 1.807) is 60.9 Å². The summed E-state index contributed by atoms with van der Waals surface area (Å²) in [5, 5.41) is 4.30. The van der Waals surface area contributed by atoms with Gasteiger partial charge >= 0.3 is 0 Å². The number of rotatable bonds is 9. The number of aromatic nitrogens is 1. The van der Waals surface area contributed by atoms with Crippen molar-refractivity contribution in [2.24, 2.45) is 0 Å². The number of nitrogens with zero attached hydrogens (tertiary/aromatic N) is 1. The van der Waals surface area contributed by atoms with Crippen LogP contribution in [0.3, 0.4) is 0 Å². The van der Waals surface area contributed by atoms with E-state index in [2.05, 4.69) is 31.0 Å². The molecular weight excluding hydrogens is 478 g/mol. The molecule has 0 fully saturated rings. The first-order valence-corrected chi connectivity index (χ1v) is 12.7. The topological polar surface area (TPSA) is 105 Å². The van der Waals surface area contributed by atoms with E-state index in [-0.39, 0.29) is 28.6 Å². The first-order valence-electron chi connectivity index (χ1n) is 8.81. The molecule has 0 spiro atoms. The predicted octanol–water partition coefficient (Wildman–Crippen LogP) is 2.34. The van der Waals surface area contributed by atoms with E-state index in [0.717, 1.165) is 9.86 Å². The fourth-order valence-electron chi connectivity index (χ4n) is 2.77. The number of sulfonamides is 1. The molecule has 7 nitrogen and oxygen atoms in total. The minimum absolute atomic E-state index is 0.0717. The number of hydrogen-bond donors (Lipinski definition) is 2. The van der Waals surface area contributed by atoms with Crippen molar-refractivity contribution in [1.82, 2.24) is 15.0 Å². The highest BCUT2D eigenvalue weighted by molar-refractivity contribution is 9.10. The Bertz CT molecular complexity index is 1190. The summed E-state index contributed by atoms with van der Waals surface area (Å²) in [5.74, 6) is -0.0717. The Hall–Kier alpha value is -1.85. The van der Waals surface area contributed by atoms with Crippen LogP contribution in [0.1, 0.15) is 0 Å². The van der Waals surface area contributed by atoms with E-state index >= 15 is 0 Å². The van der Waals surface area contributed by atoms with E-state index in [1.807, 2.05) is 0 Å². The molecule has 0 amide bonds. The number of benzene rings is 2. The molecule has 2 N–H and O–H groups in total. The van der Waals surface area contributed by atoms with E-state index < -0.39 is 19.9 Å². The summed E-state index contributed by atoms with van der Waals surface area (Å²) in [6.07, 6.45) is 3.16. The van der Waals surface area contributed by atoms with Gasteiger partial charge in [0.25, 0.3) is 0 Å². The molecule has 1 aromatic heterocycles. The summed E-state index contributed by atoms with van der Waals surface area (Å²) in [4.78, 5) is 4.45. The zero-order chi connectivity index (χ0) is 20.9. The third-order valence-electron chi connectivity index (χ3n) is 4.24. The standard InChI is InChI=1S/C19H20BrN3O4S2/c20-16-4-6-17(7-5-16)28(24,25)13-12-21-10-11-23-29(26,27)19-3-1-2-15-14-22-9-8-18(15)19/h1-9,14,21,23H,10-13H2. The lowest BCUT2D eigenvalue weighted by Crippen LogP contribution is -2.33. The number of fused-ring (bicyclic) bond motifs is 1. The lowest BCUT2D eigenvalue weighted by atomic mass is 10.2. The van der Waals surface area contributed by atoms with Crippen LogP contribution >= 0.6 is 15.9 Å². The van der Waals surface area contributed by atoms with Gasteiger partial charge in [-0.1, -0.05) is 28.1 Å². The number of nitrogens with one attached hydrogen (secondary N) is 2. The van der Waals surface area contributed by atoms with Crippen molar-refractivity contribution in [2.45, 2.75) is 9.79 Å². The number of halogens is 1. The van der Waals surface area contributed by atoms with Gasteiger partial charge in [0.2, 0.25) is 10.0 Å². The van der Waals surface area contributed by atoms with Crippen molar-refractivity contribution in [3.05, 3.63) is 65.4 Å². The van der Waals surface area contributed by atoms with Gasteiger partial charge in [-0.25, -0.2) is 21.6 Å². The Labute approximate surface area is 178 Å². The predicted molar refractivity (Wildman–Crippen MR) is 116 cm³/mol. The van der Waals surface area contributed by atoms with Crippen LogP contribution in [0.2, 0.25) is 0 Å². The molecule has 0 aliphatic carbocycles.